The number of nitro groups is 1. The summed E-state index contributed by atoms with van der Waals surface area (Å²) >= 11 is 0. The van der Waals surface area contributed by atoms with Gasteiger partial charge in [0.05, 0.1) is 17.4 Å². The van der Waals surface area contributed by atoms with E-state index in [4.69, 9.17) is 0 Å². The highest BCUT2D eigenvalue weighted by Gasteiger charge is 2.37. The summed E-state index contributed by atoms with van der Waals surface area (Å²) in [6.45, 7) is 1.38. The lowest BCUT2D eigenvalue weighted by Gasteiger charge is -2.21. The van der Waals surface area contributed by atoms with E-state index in [9.17, 15) is 32.9 Å². The van der Waals surface area contributed by atoms with E-state index in [1.807, 2.05) is 0 Å². The van der Waals surface area contributed by atoms with Gasteiger partial charge in [-0.3, -0.25) is 19.7 Å². The van der Waals surface area contributed by atoms with E-state index >= 15 is 0 Å². The summed E-state index contributed by atoms with van der Waals surface area (Å²) < 4.78 is 38.2. The Bertz CT molecular complexity index is 584. The van der Waals surface area contributed by atoms with E-state index < -0.39 is 46.6 Å². The number of rotatable bonds is 6. The lowest BCUT2D eigenvalue weighted by atomic mass is 9.81. The van der Waals surface area contributed by atoms with Crippen LogP contribution in [0.2, 0.25) is 0 Å². The molecular formula is C14H14F3NO4. The molecule has 8 heteroatoms. The second kappa shape index (κ2) is 6.67. The van der Waals surface area contributed by atoms with E-state index in [1.165, 1.54) is 6.07 Å². The molecule has 0 saturated heterocycles. The van der Waals surface area contributed by atoms with Crippen molar-refractivity contribution in [2.24, 2.45) is 5.92 Å². The number of carbonyl (C=O) groups excluding carboxylic acids is 2. The molecule has 120 valence electrons. The molecule has 1 aromatic carbocycles. The number of hydrogen-bond donors (Lipinski definition) is 0. The first-order valence-corrected chi connectivity index (χ1v) is 6.34. The Morgan fingerprint density at radius 3 is 2.18 bits per heavy atom. The average molecular weight is 317 g/mol. The Hall–Kier alpha value is -2.25. The van der Waals surface area contributed by atoms with Gasteiger partial charge >= 0.3 is 6.18 Å². The van der Waals surface area contributed by atoms with Gasteiger partial charge in [0.15, 0.2) is 0 Å². The van der Waals surface area contributed by atoms with Gasteiger partial charge in [-0.2, -0.15) is 13.2 Å². The van der Waals surface area contributed by atoms with Crippen molar-refractivity contribution in [3.05, 3.63) is 45.5 Å². The van der Waals surface area contributed by atoms with Gasteiger partial charge in [-0.15, -0.1) is 0 Å². The SMILES string of the molecule is CC(=O)C(C(C)=O)[C@H](C[N+](=O)[O-])c1cccc(C(F)(F)F)c1. The molecule has 1 aromatic rings. The standard InChI is InChI=1S/C14H14F3NO4/c1-8(19)13(9(2)20)12(7-18(21)22)10-4-3-5-11(6-10)14(15,16)17/h3-6,12-13H,7H2,1-2H3/t12-/m1/s1. The summed E-state index contributed by atoms with van der Waals surface area (Å²) in [4.78, 5) is 33.2. The molecule has 0 saturated carbocycles. The Labute approximate surface area is 124 Å². The monoisotopic (exact) mass is 317 g/mol. The minimum atomic E-state index is -4.61. The van der Waals surface area contributed by atoms with Gasteiger partial charge in [0.25, 0.3) is 0 Å². The summed E-state index contributed by atoms with van der Waals surface area (Å²) in [5, 5.41) is 10.8. The van der Waals surface area contributed by atoms with Gasteiger partial charge in [-0.25, -0.2) is 0 Å². The van der Waals surface area contributed by atoms with Crippen LogP contribution in [-0.4, -0.2) is 23.0 Å². The highest BCUT2D eigenvalue weighted by atomic mass is 19.4. The third-order valence-electron chi connectivity index (χ3n) is 3.27. The zero-order valence-electron chi connectivity index (χ0n) is 11.9. The molecule has 0 heterocycles. The lowest BCUT2D eigenvalue weighted by molar-refractivity contribution is -0.484. The van der Waals surface area contributed by atoms with Gasteiger partial charge in [0, 0.05) is 4.92 Å². The zero-order valence-corrected chi connectivity index (χ0v) is 11.9. The Kier molecular flexibility index (Phi) is 5.40. The molecule has 1 atom stereocenters. The third-order valence-corrected chi connectivity index (χ3v) is 3.27. The predicted molar refractivity (Wildman–Crippen MR) is 70.9 cm³/mol. The maximum atomic E-state index is 12.7. The first kappa shape index (κ1) is 17.8. The van der Waals surface area contributed by atoms with Gasteiger partial charge in [-0.05, 0) is 25.5 Å². The molecule has 0 spiro atoms. The molecule has 0 bridgehead atoms. The van der Waals surface area contributed by atoms with Crippen molar-refractivity contribution in [1.82, 2.24) is 0 Å². The molecule has 0 aliphatic carbocycles. The second-order valence-electron chi connectivity index (χ2n) is 4.94. The molecule has 0 N–H and O–H groups in total. The smallest absolute Gasteiger partial charge is 0.299 e. The average Bonchev–Trinajstić information content (AvgIpc) is 2.35. The predicted octanol–water partition coefficient (Wildman–Crippen LogP) is 2.86. The molecule has 0 aliphatic rings. The zero-order chi connectivity index (χ0) is 17.1. The summed E-state index contributed by atoms with van der Waals surface area (Å²) in [5.41, 5.74) is -1.04. The minimum absolute atomic E-state index is 0.0538. The number of hydrogen-bond acceptors (Lipinski definition) is 4. The lowest BCUT2D eigenvalue weighted by Crippen LogP contribution is -2.31. The number of nitrogens with zero attached hydrogens (tertiary/aromatic N) is 1. The van der Waals surface area contributed by atoms with Crippen LogP contribution >= 0.6 is 0 Å². The van der Waals surface area contributed by atoms with Gasteiger partial charge in [0.2, 0.25) is 6.54 Å². The summed E-state index contributed by atoms with van der Waals surface area (Å²) in [6, 6.07) is 3.92. The van der Waals surface area contributed by atoms with Crippen molar-refractivity contribution < 1.29 is 27.7 Å². The van der Waals surface area contributed by atoms with Crippen molar-refractivity contribution in [3.8, 4) is 0 Å². The number of halogens is 3. The number of ketones is 2. The molecule has 0 radical (unpaired) electrons. The van der Waals surface area contributed by atoms with Crippen LogP contribution in [0.3, 0.4) is 0 Å². The highest BCUT2D eigenvalue weighted by molar-refractivity contribution is 6.01. The molecule has 0 aliphatic heterocycles. The topological polar surface area (TPSA) is 77.3 Å². The van der Waals surface area contributed by atoms with Crippen LogP contribution in [0.1, 0.15) is 30.9 Å². The van der Waals surface area contributed by atoms with Crippen LogP contribution in [0.5, 0.6) is 0 Å². The van der Waals surface area contributed by atoms with Gasteiger partial charge < -0.3 is 0 Å². The van der Waals surface area contributed by atoms with E-state index in [1.54, 1.807) is 0 Å². The van der Waals surface area contributed by atoms with Gasteiger partial charge in [0.1, 0.15) is 11.6 Å². The van der Waals surface area contributed by atoms with Crippen LogP contribution < -0.4 is 0 Å². The minimum Gasteiger partial charge on any atom is -0.299 e. The van der Waals surface area contributed by atoms with Crippen molar-refractivity contribution in [2.45, 2.75) is 25.9 Å². The normalized spacial score (nSPS) is 13.0. The molecule has 1 rings (SSSR count). The van der Waals surface area contributed by atoms with E-state index in [0.717, 1.165) is 32.0 Å². The number of benzene rings is 1. The number of Topliss-reactive ketones (excluding diaryl/α,β-unsaturated/α-hetero) is 2. The number of carbonyl (C=O) groups is 2. The first-order valence-electron chi connectivity index (χ1n) is 6.34. The van der Waals surface area contributed by atoms with Crippen LogP contribution in [-0.2, 0) is 15.8 Å². The Morgan fingerprint density at radius 2 is 1.77 bits per heavy atom. The van der Waals surface area contributed by atoms with Gasteiger partial charge in [-0.1, -0.05) is 18.2 Å². The van der Waals surface area contributed by atoms with Crippen molar-refractivity contribution in [2.75, 3.05) is 6.54 Å². The molecule has 0 unspecified atom stereocenters. The molecule has 22 heavy (non-hydrogen) atoms. The fraction of sp³-hybridized carbons (Fsp3) is 0.429. The van der Waals surface area contributed by atoms with Crippen LogP contribution in [0, 0.1) is 16.0 Å². The van der Waals surface area contributed by atoms with Crippen molar-refractivity contribution in [1.29, 1.82) is 0 Å². The van der Waals surface area contributed by atoms with Crippen LogP contribution in [0.15, 0.2) is 24.3 Å². The first-order chi connectivity index (χ1) is 10.0. The molecule has 5 nitrogen and oxygen atoms in total. The fourth-order valence-corrected chi connectivity index (χ4v) is 2.36. The summed E-state index contributed by atoms with van der Waals surface area (Å²) in [7, 11) is 0. The third kappa shape index (κ3) is 4.37. The largest absolute Gasteiger partial charge is 0.416 e. The van der Waals surface area contributed by atoms with Crippen molar-refractivity contribution >= 4 is 11.6 Å². The fourth-order valence-electron chi connectivity index (χ4n) is 2.36. The van der Waals surface area contributed by atoms with E-state index in [0.29, 0.717) is 0 Å². The van der Waals surface area contributed by atoms with Crippen molar-refractivity contribution in [3.63, 3.8) is 0 Å². The molecule has 0 amide bonds. The van der Waals surface area contributed by atoms with E-state index in [-0.39, 0.29) is 5.56 Å². The van der Waals surface area contributed by atoms with Crippen LogP contribution in [0.4, 0.5) is 13.2 Å². The Morgan fingerprint density at radius 1 is 1.23 bits per heavy atom. The summed E-state index contributed by atoms with van der Waals surface area (Å²) in [5.74, 6) is -3.80. The number of alkyl halides is 3. The summed E-state index contributed by atoms with van der Waals surface area (Å²) in [6.07, 6.45) is -4.61. The highest BCUT2D eigenvalue weighted by Crippen LogP contribution is 2.33. The molecule has 0 aromatic heterocycles. The molecular weight excluding hydrogens is 303 g/mol. The maximum absolute atomic E-state index is 12.7. The quantitative estimate of drug-likeness (QED) is 0.459. The van der Waals surface area contributed by atoms with E-state index in [2.05, 4.69) is 0 Å². The molecule has 0 fully saturated rings. The van der Waals surface area contributed by atoms with Crippen LogP contribution in [0.25, 0.3) is 0 Å². The Balaban J connectivity index is 3.36. The maximum Gasteiger partial charge on any atom is 0.416 e. The second-order valence-corrected chi connectivity index (χ2v) is 4.94.